The van der Waals surface area contributed by atoms with Gasteiger partial charge in [0.2, 0.25) is 0 Å². The van der Waals surface area contributed by atoms with Crippen LogP contribution in [0, 0.1) is 11.8 Å². The summed E-state index contributed by atoms with van der Waals surface area (Å²) in [5, 5.41) is 30.0. The Labute approximate surface area is 241 Å². The third-order valence-electron chi connectivity index (χ3n) is 8.68. The van der Waals surface area contributed by atoms with Crippen LogP contribution in [0.3, 0.4) is 0 Å². The highest BCUT2D eigenvalue weighted by molar-refractivity contribution is 6.30. The van der Waals surface area contributed by atoms with E-state index in [9.17, 15) is 20.1 Å². The number of rotatable bonds is 11. The van der Waals surface area contributed by atoms with Crippen LogP contribution >= 0.6 is 11.6 Å². The Kier molecular flexibility index (Phi) is 8.91. The normalized spacial score (nSPS) is 20.5. The molecule has 3 aromatic rings. The molecule has 0 amide bonds. The average Bonchev–Trinajstić information content (AvgIpc) is 3.51. The van der Waals surface area contributed by atoms with Crippen LogP contribution in [0.4, 0.5) is 0 Å². The zero-order chi connectivity index (χ0) is 28.2. The summed E-state index contributed by atoms with van der Waals surface area (Å²) in [5.74, 6) is 0.467. The number of hydrogen-bond donors (Lipinski definition) is 3. The fourth-order valence-electron chi connectivity index (χ4n) is 6.47. The molecule has 0 spiro atoms. The van der Waals surface area contributed by atoms with Crippen LogP contribution in [-0.4, -0.2) is 43.9 Å². The highest BCUT2D eigenvalue weighted by atomic mass is 35.5. The van der Waals surface area contributed by atoms with Gasteiger partial charge in [0, 0.05) is 36.3 Å². The van der Waals surface area contributed by atoms with Gasteiger partial charge in [-0.2, -0.15) is 0 Å². The second-order valence-corrected chi connectivity index (χ2v) is 11.7. The van der Waals surface area contributed by atoms with Crippen LogP contribution in [-0.2, 0) is 30.7 Å². The Hall–Kier alpha value is -3.16. The summed E-state index contributed by atoms with van der Waals surface area (Å²) in [7, 11) is 0. The molecule has 0 aliphatic heterocycles. The number of nitrogens with zero attached hydrogens (tertiary/aromatic N) is 2. The van der Waals surface area contributed by atoms with E-state index >= 15 is 0 Å². The van der Waals surface area contributed by atoms with Crippen molar-refractivity contribution in [1.29, 1.82) is 0 Å². The van der Waals surface area contributed by atoms with Gasteiger partial charge >= 0.3 is 5.97 Å². The molecule has 40 heavy (non-hydrogen) atoms. The largest absolute Gasteiger partial charge is 0.494 e. The number of carbonyl (C=O) groups is 1. The zero-order valence-electron chi connectivity index (χ0n) is 23.1. The van der Waals surface area contributed by atoms with Gasteiger partial charge in [-0.3, -0.25) is 14.3 Å². The molecule has 3 N–H and O–H groups in total. The van der Waals surface area contributed by atoms with Crippen molar-refractivity contribution in [2.75, 3.05) is 13.2 Å². The number of carboxylic acids is 1. The smallest absolute Gasteiger partial charge is 0.306 e. The topological polar surface area (TPSA) is 95.2 Å². The molecule has 2 aliphatic rings. The molecule has 1 saturated carbocycles. The second-order valence-electron chi connectivity index (χ2n) is 11.2. The van der Waals surface area contributed by atoms with Gasteiger partial charge in [0.1, 0.15) is 12.4 Å². The molecule has 1 aromatic heterocycles. The summed E-state index contributed by atoms with van der Waals surface area (Å²) in [6.07, 6.45) is 6.32. The lowest BCUT2D eigenvalue weighted by Crippen LogP contribution is -2.34. The van der Waals surface area contributed by atoms with E-state index in [-0.39, 0.29) is 17.7 Å². The lowest BCUT2D eigenvalue weighted by Gasteiger charge is -2.35. The van der Waals surface area contributed by atoms with Crippen molar-refractivity contribution in [2.45, 2.75) is 71.0 Å². The number of ether oxygens (including phenoxy) is 1. The number of carboxylic acid groups (broad SMARTS) is 1. The van der Waals surface area contributed by atoms with Crippen molar-refractivity contribution >= 4 is 17.6 Å². The Bertz CT molecular complexity index is 1310. The number of aryl methyl sites for hydroxylation is 2. The fourth-order valence-corrected chi connectivity index (χ4v) is 6.67. The van der Waals surface area contributed by atoms with E-state index in [1.807, 2.05) is 12.1 Å². The molecule has 1 fully saturated rings. The van der Waals surface area contributed by atoms with Gasteiger partial charge in [0.25, 0.3) is 0 Å². The molecule has 1 heterocycles. The van der Waals surface area contributed by atoms with Crippen molar-refractivity contribution in [3.63, 3.8) is 0 Å². The first-order valence-corrected chi connectivity index (χ1v) is 14.8. The van der Waals surface area contributed by atoms with Gasteiger partial charge in [0.05, 0.1) is 12.5 Å². The van der Waals surface area contributed by atoms with E-state index in [1.54, 1.807) is 0 Å². The Morgan fingerprint density at radius 3 is 2.48 bits per heavy atom. The first kappa shape index (κ1) is 28.4. The SMILES string of the molecule is CCc1cc(CN(CC2CCC(C(=O)O)CC2)[C@H]2CCc3cc(Cl)ccc32)ccc1OCCn1c(O)ccc1O. The number of aliphatic carboxylic acids is 1. The van der Waals surface area contributed by atoms with Gasteiger partial charge in [-0.15, -0.1) is 0 Å². The molecule has 2 aromatic carbocycles. The standard InChI is InChI=1S/C32H39ClN2O5/c1-2-23-17-22(5-12-29(23)40-16-15-35-30(36)13-14-31(35)37)20-34(19-21-3-6-24(7-4-21)32(38)39)28-11-8-25-18-26(33)9-10-27(25)28/h5,9-10,12-14,17-18,21,24,28,36-37H,2-4,6-8,11,15-16,19-20H2,1H3,(H,38,39)/t21?,24?,28-/m0/s1. The number of hydrogen-bond acceptors (Lipinski definition) is 5. The molecule has 7 nitrogen and oxygen atoms in total. The van der Waals surface area contributed by atoms with Crippen molar-refractivity contribution in [2.24, 2.45) is 11.8 Å². The lowest BCUT2D eigenvalue weighted by atomic mass is 9.81. The van der Waals surface area contributed by atoms with Gasteiger partial charge in [-0.05, 0) is 91.3 Å². The number of fused-ring (bicyclic) bond motifs is 1. The minimum absolute atomic E-state index is 0.0134. The Morgan fingerprint density at radius 1 is 1.02 bits per heavy atom. The molecule has 1 atom stereocenters. The van der Waals surface area contributed by atoms with E-state index < -0.39 is 5.97 Å². The first-order chi connectivity index (χ1) is 19.3. The number of benzene rings is 2. The van der Waals surface area contributed by atoms with Crippen molar-refractivity contribution < 1.29 is 24.9 Å². The van der Waals surface area contributed by atoms with Crippen molar-refractivity contribution in [3.05, 3.63) is 75.8 Å². The molecule has 2 aliphatic carbocycles. The lowest BCUT2D eigenvalue weighted by molar-refractivity contribution is -0.143. The van der Waals surface area contributed by atoms with Crippen LogP contribution in [0.25, 0.3) is 0 Å². The molecule has 5 rings (SSSR count). The Balaban J connectivity index is 1.31. The highest BCUT2D eigenvalue weighted by Crippen LogP contribution is 2.40. The maximum Gasteiger partial charge on any atom is 0.306 e. The minimum atomic E-state index is -0.659. The predicted molar refractivity (Wildman–Crippen MR) is 155 cm³/mol. The molecule has 8 heteroatoms. The van der Waals surface area contributed by atoms with Crippen LogP contribution in [0.15, 0.2) is 48.5 Å². The zero-order valence-corrected chi connectivity index (χ0v) is 23.8. The summed E-state index contributed by atoms with van der Waals surface area (Å²) >= 11 is 6.30. The monoisotopic (exact) mass is 566 g/mol. The molecule has 0 saturated heterocycles. The van der Waals surface area contributed by atoms with Gasteiger partial charge < -0.3 is 20.1 Å². The fraction of sp³-hybridized carbons (Fsp3) is 0.469. The average molecular weight is 567 g/mol. The summed E-state index contributed by atoms with van der Waals surface area (Å²) in [4.78, 5) is 14.1. The third kappa shape index (κ3) is 6.42. The highest BCUT2D eigenvalue weighted by Gasteiger charge is 2.32. The van der Waals surface area contributed by atoms with E-state index in [2.05, 4.69) is 36.1 Å². The summed E-state index contributed by atoms with van der Waals surface area (Å²) < 4.78 is 7.47. The van der Waals surface area contributed by atoms with E-state index in [4.69, 9.17) is 16.3 Å². The molecule has 0 bridgehead atoms. The van der Waals surface area contributed by atoms with Gasteiger partial charge in [-0.25, -0.2) is 0 Å². The van der Waals surface area contributed by atoms with Crippen LogP contribution < -0.4 is 4.74 Å². The molecular formula is C32H39ClN2O5. The number of aromatic nitrogens is 1. The van der Waals surface area contributed by atoms with Crippen molar-refractivity contribution in [3.8, 4) is 17.5 Å². The summed E-state index contributed by atoms with van der Waals surface area (Å²) in [6, 6.07) is 15.9. The van der Waals surface area contributed by atoms with Crippen LogP contribution in [0.1, 0.15) is 67.3 Å². The minimum Gasteiger partial charge on any atom is -0.494 e. The summed E-state index contributed by atoms with van der Waals surface area (Å²) in [5.41, 5.74) is 5.04. The number of halogens is 1. The third-order valence-corrected chi connectivity index (χ3v) is 8.91. The second kappa shape index (κ2) is 12.6. The van der Waals surface area contributed by atoms with Crippen molar-refractivity contribution in [1.82, 2.24) is 9.47 Å². The Morgan fingerprint density at radius 2 is 1.77 bits per heavy atom. The van der Waals surface area contributed by atoms with Crippen LogP contribution in [0.5, 0.6) is 17.5 Å². The quantitative estimate of drug-likeness (QED) is 0.243. The van der Waals surface area contributed by atoms with Crippen LogP contribution in [0.2, 0.25) is 5.02 Å². The first-order valence-electron chi connectivity index (χ1n) is 14.4. The molecular weight excluding hydrogens is 528 g/mol. The van der Waals surface area contributed by atoms with E-state index in [0.29, 0.717) is 25.1 Å². The molecule has 0 unspecified atom stereocenters. The molecule has 214 valence electrons. The molecule has 0 radical (unpaired) electrons. The predicted octanol–water partition coefficient (Wildman–Crippen LogP) is 6.57. The summed E-state index contributed by atoms with van der Waals surface area (Å²) in [6.45, 7) is 4.55. The number of aromatic hydroxyl groups is 2. The maximum atomic E-state index is 11.5. The maximum absolute atomic E-state index is 11.5. The van der Waals surface area contributed by atoms with Gasteiger partial charge in [0.15, 0.2) is 11.8 Å². The van der Waals surface area contributed by atoms with Gasteiger partial charge in [-0.1, -0.05) is 36.7 Å². The van der Waals surface area contributed by atoms with E-state index in [0.717, 1.165) is 74.4 Å². The van der Waals surface area contributed by atoms with E-state index in [1.165, 1.54) is 33.4 Å².